The molecular formula is C105H62BN3. The first-order chi connectivity index (χ1) is 54.1. The predicted octanol–water partition coefficient (Wildman–Crippen LogP) is 23.6. The van der Waals surface area contributed by atoms with Crippen molar-refractivity contribution in [2.45, 2.75) is 16.2 Å². The minimum Gasteiger partial charge on any atom is -0.311 e. The average Bonchev–Trinajstić information content (AvgIpc) is 1.54. The van der Waals surface area contributed by atoms with Crippen molar-refractivity contribution in [2.24, 2.45) is 0 Å². The predicted molar refractivity (Wildman–Crippen MR) is 449 cm³/mol. The third kappa shape index (κ3) is 6.88. The van der Waals surface area contributed by atoms with Crippen molar-refractivity contribution in [3.05, 3.63) is 443 Å². The Morgan fingerprint density at radius 1 is 0.220 bits per heavy atom. The van der Waals surface area contributed by atoms with Gasteiger partial charge in [0.2, 0.25) is 0 Å². The zero-order valence-corrected chi connectivity index (χ0v) is 59.2. The molecular weight excluding hydrogens is 1310 g/mol. The Kier molecular flexibility index (Phi) is 11.2. The highest BCUT2D eigenvalue weighted by Crippen LogP contribution is 2.71. The second-order valence-corrected chi connectivity index (χ2v) is 31.0. The Balaban J connectivity index is 0.870. The van der Waals surface area contributed by atoms with E-state index in [9.17, 15) is 0 Å². The monoisotopic (exact) mass is 1380 g/mol. The lowest BCUT2D eigenvalue weighted by Crippen LogP contribution is -2.62. The average molecular weight is 1380 g/mol. The second kappa shape index (κ2) is 20.8. The molecule has 0 saturated heterocycles. The summed E-state index contributed by atoms with van der Waals surface area (Å²) in [6, 6.07) is 146. The Morgan fingerprint density at radius 3 is 1.13 bits per heavy atom. The fourth-order valence-corrected chi connectivity index (χ4v) is 22.9. The quantitative estimate of drug-likeness (QED) is 0.163. The number of benzene rings is 17. The van der Waals surface area contributed by atoms with Crippen LogP contribution in [0.2, 0.25) is 0 Å². The number of nitrogens with zero attached hydrogens (tertiary/aromatic N) is 3. The molecule has 4 heteroatoms. The molecule has 3 spiro atoms. The lowest BCUT2D eigenvalue weighted by atomic mass is 9.33. The summed E-state index contributed by atoms with van der Waals surface area (Å²) in [5.41, 5.74) is 45.4. The van der Waals surface area contributed by atoms with Gasteiger partial charge in [-0.15, -0.1) is 0 Å². The van der Waals surface area contributed by atoms with Gasteiger partial charge in [-0.3, -0.25) is 0 Å². The van der Waals surface area contributed by atoms with Crippen LogP contribution in [0.5, 0.6) is 0 Å². The van der Waals surface area contributed by atoms with E-state index in [4.69, 9.17) is 0 Å². The number of hydrogen-bond donors (Lipinski definition) is 0. The zero-order valence-electron chi connectivity index (χ0n) is 59.2. The molecule has 0 fully saturated rings. The highest BCUT2D eigenvalue weighted by atomic mass is 15.2. The van der Waals surface area contributed by atoms with Crippen LogP contribution in [0.25, 0.3) is 105 Å². The van der Waals surface area contributed by atoms with Gasteiger partial charge in [-0.25, -0.2) is 0 Å². The van der Waals surface area contributed by atoms with E-state index in [1.165, 1.54) is 177 Å². The van der Waals surface area contributed by atoms with Gasteiger partial charge in [0.05, 0.1) is 44.3 Å². The van der Waals surface area contributed by atoms with Crippen molar-refractivity contribution in [1.82, 2.24) is 4.57 Å². The van der Waals surface area contributed by atoms with Gasteiger partial charge in [0, 0.05) is 50.2 Å². The van der Waals surface area contributed by atoms with Gasteiger partial charge in [0.1, 0.15) is 0 Å². The molecule has 0 bridgehead atoms. The third-order valence-electron chi connectivity index (χ3n) is 26.6. The first kappa shape index (κ1) is 58.5. The smallest absolute Gasteiger partial charge is 0.252 e. The van der Waals surface area contributed by atoms with Crippen molar-refractivity contribution < 1.29 is 0 Å². The summed E-state index contributed by atoms with van der Waals surface area (Å²) in [4.78, 5) is 5.62. The molecule has 18 aromatic rings. The van der Waals surface area contributed by atoms with E-state index in [1.54, 1.807) is 0 Å². The van der Waals surface area contributed by atoms with Gasteiger partial charge in [0.25, 0.3) is 6.71 Å². The number of hydrogen-bond acceptors (Lipinski definition) is 2. The molecule has 2 aliphatic heterocycles. The summed E-state index contributed by atoms with van der Waals surface area (Å²) in [6.45, 7) is -0.295. The molecule has 1 aromatic heterocycles. The summed E-state index contributed by atoms with van der Waals surface area (Å²) >= 11 is 0. The lowest BCUT2D eigenvalue weighted by molar-refractivity contribution is 0.786. The fraction of sp³-hybridized carbons (Fsp3) is 0.0286. The molecule has 500 valence electrons. The van der Waals surface area contributed by atoms with E-state index in [-0.39, 0.29) is 6.71 Å². The van der Waals surface area contributed by atoms with E-state index in [1.807, 2.05) is 0 Å². The molecule has 0 unspecified atom stereocenters. The molecule has 6 aliphatic carbocycles. The largest absolute Gasteiger partial charge is 0.311 e. The van der Waals surface area contributed by atoms with Gasteiger partial charge in [-0.1, -0.05) is 334 Å². The SMILES string of the molecule is c1ccc(-c2ccc3c(c2)B2c4ccc5c(c4N(c4cccc6c4C4(c7ccccc7-c7ccccc74)c4ccccc4-6)c4cc(-n6c7ccccc7c7ccccc76)cc(c42)N3c2cccc3c2-c2ccccc2C32c3ccccc3-c3ccccc32)C2(c3ccccc3-c3ccccc32)c2ccccc2-5)cc1. The molecule has 0 N–H and O–H groups in total. The molecule has 8 aliphatic rings. The van der Waals surface area contributed by atoms with Gasteiger partial charge < -0.3 is 14.4 Å². The summed E-state index contributed by atoms with van der Waals surface area (Å²) in [5.74, 6) is 0. The van der Waals surface area contributed by atoms with Crippen molar-refractivity contribution in [3.8, 4) is 83.6 Å². The van der Waals surface area contributed by atoms with Crippen LogP contribution in [-0.4, -0.2) is 11.3 Å². The van der Waals surface area contributed by atoms with E-state index in [0.717, 1.165) is 45.2 Å². The van der Waals surface area contributed by atoms with Crippen LogP contribution < -0.4 is 26.2 Å². The standard InChI is InChI=1S/C105H62BN3/c1-2-28-63(29-3-1)64-56-59-93-90(60-64)106-89-58-57-77-73-37-11-22-49-86(73)105(83-46-19-8-34-70(83)71-35-9-20-47-84(71)105)100(77)102(89)109(95-55-26-41-76-72-36-10-21-48-85(72)104(99(76)95)81-44-17-6-32-68(81)69-33-7-18-45-82(69)104)97-62-65(107-91-52-24-13-38-74(91)75-39-14-25-53-92(75)107)61-96(101(97)106)108(93)94-54-27-51-88-98(94)78-40-12-23-50-87(78)103(88)79-42-15-4-30-66(79)67-31-5-16-43-80(67)103/h1-62H. The van der Waals surface area contributed by atoms with Crippen molar-refractivity contribution in [2.75, 3.05) is 9.80 Å². The molecule has 26 rings (SSSR count). The van der Waals surface area contributed by atoms with E-state index < -0.39 is 16.2 Å². The maximum atomic E-state index is 2.88. The van der Waals surface area contributed by atoms with Crippen LogP contribution >= 0.6 is 0 Å². The fourth-order valence-electron chi connectivity index (χ4n) is 22.9. The highest BCUT2D eigenvalue weighted by Gasteiger charge is 2.60. The third-order valence-corrected chi connectivity index (χ3v) is 26.6. The van der Waals surface area contributed by atoms with E-state index in [0.29, 0.717) is 0 Å². The minimum absolute atomic E-state index is 0.295. The summed E-state index contributed by atoms with van der Waals surface area (Å²) < 4.78 is 2.59. The van der Waals surface area contributed by atoms with Crippen LogP contribution in [0.1, 0.15) is 66.8 Å². The first-order valence-electron chi connectivity index (χ1n) is 38.4. The summed E-state index contributed by atoms with van der Waals surface area (Å²) in [5, 5.41) is 2.44. The highest BCUT2D eigenvalue weighted by molar-refractivity contribution is 7.00. The van der Waals surface area contributed by atoms with E-state index in [2.05, 4.69) is 390 Å². The Hall–Kier alpha value is -13.8. The van der Waals surface area contributed by atoms with Gasteiger partial charge in [-0.05, 0) is 187 Å². The molecule has 0 atom stereocenters. The molecule has 0 saturated carbocycles. The van der Waals surface area contributed by atoms with Crippen molar-refractivity contribution >= 4 is 79.0 Å². The second-order valence-electron chi connectivity index (χ2n) is 31.0. The van der Waals surface area contributed by atoms with Crippen LogP contribution in [0.4, 0.5) is 34.1 Å². The molecule has 109 heavy (non-hydrogen) atoms. The molecule has 0 radical (unpaired) electrons. The molecule has 3 nitrogen and oxygen atoms in total. The molecule has 17 aromatic carbocycles. The summed E-state index contributed by atoms with van der Waals surface area (Å²) in [7, 11) is 0. The minimum atomic E-state index is -0.751. The zero-order chi connectivity index (χ0) is 70.7. The number of anilines is 6. The molecule has 0 amide bonds. The van der Waals surface area contributed by atoms with Crippen LogP contribution in [-0.2, 0) is 16.2 Å². The van der Waals surface area contributed by atoms with Gasteiger partial charge >= 0.3 is 0 Å². The Labute approximate surface area is 631 Å². The number of para-hydroxylation sites is 2. The van der Waals surface area contributed by atoms with Crippen LogP contribution in [0.15, 0.2) is 376 Å². The number of aromatic nitrogens is 1. The van der Waals surface area contributed by atoms with E-state index >= 15 is 0 Å². The molecule has 3 heterocycles. The number of rotatable bonds is 4. The lowest BCUT2D eigenvalue weighted by Gasteiger charge is -2.47. The van der Waals surface area contributed by atoms with Crippen LogP contribution in [0, 0.1) is 0 Å². The van der Waals surface area contributed by atoms with Crippen molar-refractivity contribution in [3.63, 3.8) is 0 Å². The first-order valence-corrected chi connectivity index (χ1v) is 38.4. The Morgan fingerprint density at radius 2 is 0.606 bits per heavy atom. The topological polar surface area (TPSA) is 11.4 Å². The maximum absolute atomic E-state index is 2.88. The van der Waals surface area contributed by atoms with Crippen molar-refractivity contribution in [1.29, 1.82) is 0 Å². The normalized spacial score (nSPS) is 15.0. The maximum Gasteiger partial charge on any atom is 0.252 e. The summed E-state index contributed by atoms with van der Waals surface area (Å²) in [6.07, 6.45) is 0. The van der Waals surface area contributed by atoms with Crippen LogP contribution in [0.3, 0.4) is 0 Å². The number of fused-ring (bicyclic) bond motifs is 38. The Bertz CT molecular complexity index is 6950. The van der Waals surface area contributed by atoms with Gasteiger partial charge in [-0.2, -0.15) is 0 Å². The van der Waals surface area contributed by atoms with Gasteiger partial charge in [0.15, 0.2) is 0 Å².